The van der Waals surface area contributed by atoms with Crippen LogP contribution in [0.25, 0.3) is 0 Å². The summed E-state index contributed by atoms with van der Waals surface area (Å²) in [4.78, 5) is 3.74. The molecule has 0 aromatic carbocycles. The lowest BCUT2D eigenvalue weighted by Crippen LogP contribution is -2.22. The van der Waals surface area contributed by atoms with E-state index in [-0.39, 0.29) is 0 Å². The molecule has 0 bridgehead atoms. The maximum Gasteiger partial charge on any atom is 0.109 e. The summed E-state index contributed by atoms with van der Waals surface area (Å²) < 4.78 is 0. The summed E-state index contributed by atoms with van der Waals surface area (Å²) in [6.07, 6.45) is 0.464. The highest BCUT2D eigenvalue weighted by atomic mass is 16.4. The molecule has 13 heavy (non-hydrogen) atoms. The van der Waals surface area contributed by atoms with Crippen molar-refractivity contribution in [3.63, 3.8) is 0 Å². The predicted octanol–water partition coefficient (Wildman–Crippen LogP) is -0.950. The highest BCUT2D eigenvalue weighted by Gasteiger charge is 2.17. The third-order valence-electron chi connectivity index (χ3n) is 1.67. The summed E-state index contributed by atoms with van der Waals surface area (Å²) in [5, 5.41) is 27.1. The Morgan fingerprint density at radius 3 is 2.62 bits per heavy atom. The van der Waals surface area contributed by atoms with Crippen molar-refractivity contribution in [2.24, 2.45) is 0 Å². The van der Waals surface area contributed by atoms with Gasteiger partial charge in [-0.3, -0.25) is 4.98 Å². The van der Waals surface area contributed by atoms with E-state index < -0.39 is 18.8 Å². The first-order chi connectivity index (χ1) is 6.15. The zero-order valence-corrected chi connectivity index (χ0v) is 6.96. The molecule has 5 N–H and O–H groups in total. The lowest BCUT2D eigenvalue weighted by atomic mass is 10.1. The fourth-order valence-corrected chi connectivity index (χ4v) is 0.960. The second-order valence-electron chi connectivity index (χ2n) is 2.75. The van der Waals surface area contributed by atoms with Crippen LogP contribution in [0.3, 0.4) is 0 Å². The van der Waals surface area contributed by atoms with Gasteiger partial charge in [0, 0.05) is 18.0 Å². The highest BCUT2D eigenvalue weighted by molar-refractivity contribution is 5.37. The van der Waals surface area contributed by atoms with Gasteiger partial charge in [0.1, 0.15) is 12.2 Å². The van der Waals surface area contributed by atoms with Crippen molar-refractivity contribution in [3.8, 4) is 0 Å². The maximum absolute atomic E-state index is 9.41. The SMILES string of the molecule is Nc1cncc(C(O)C(O)CO)c1. The van der Waals surface area contributed by atoms with Crippen molar-refractivity contribution in [1.29, 1.82) is 0 Å². The van der Waals surface area contributed by atoms with Gasteiger partial charge in [-0.15, -0.1) is 0 Å². The van der Waals surface area contributed by atoms with Crippen molar-refractivity contribution in [2.45, 2.75) is 12.2 Å². The number of pyridine rings is 1. The van der Waals surface area contributed by atoms with Crippen molar-refractivity contribution in [2.75, 3.05) is 12.3 Å². The van der Waals surface area contributed by atoms with E-state index in [1.54, 1.807) is 0 Å². The summed E-state index contributed by atoms with van der Waals surface area (Å²) in [5.41, 5.74) is 6.21. The molecule has 5 nitrogen and oxygen atoms in total. The van der Waals surface area contributed by atoms with Crippen molar-refractivity contribution < 1.29 is 15.3 Å². The van der Waals surface area contributed by atoms with Crippen molar-refractivity contribution in [3.05, 3.63) is 24.0 Å². The molecular formula is C8H12N2O3. The zero-order valence-electron chi connectivity index (χ0n) is 6.96. The predicted molar refractivity (Wildman–Crippen MR) is 46.7 cm³/mol. The fourth-order valence-electron chi connectivity index (χ4n) is 0.960. The van der Waals surface area contributed by atoms with E-state index in [2.05, 4.69) is 4.98 Å². The van der Waals surface area contributed by atoms with Gasteiger partial charge < -0.3 is 21.1 Å². The van der Waals surface area contributed by atoms with Crippen LogP contribution in [0.1, 0.15) is 11.7 Å². The molecule has 0 radical (unpaired) electrons. The largest absolute Gasteiger partial charge is 0.397 e. The van der Waals surface area contributed by atoms with E-state index in [1.165, 1.54) is 18.5 Å². The van der Waals surface area contributed by atoms with Gasteiger partial charge in [-0.05, 0) is 6.07 Å². The molecule has 0 saturated carbocycles. The second kappa shape index (κ2) is 4.18. The Morgan fingerprint density at radius 2 is 2.08 bits per heavy atom. The monoisotopic (exact) mass is 184 g/mol. The molecule has 5 heteroatoms. The lowest BCUT2D eigenvalue weighted by molar-refractivity contribution is -0.0153. The molecule has 0 aliphatic carbocycles. The van der Waals surface area contributed by atoms with Gasteiger partial charge in [0.05, 0.1) is 12.3 Å². The molecule has 72 valence electrons. The Morgan fingerprint density at radius 1 is 1.38 bits per heavy atom. The summed E-state index contributed by atoms with van der Waals surface area (Å²) in [7, 11) is 0. The number of rotatable bonds is 3. The van der Waals surface area contributed by atoms with E-state index in [1.807, 2.05) is 0 Å². The first kappa shape index (κ1) is 9.91. The zero-order chi connectivity index (χ0) is 9.84. The van der Waals surface area contributed by atoms with Gasteiger partial charge in [-0.1, -0.05) is 0 Å². The van der Waals surface area contributed by atoms with Crippen LogP contribution in [0.2, 0.25) is 0 Å². The summed E-state index contributed by atoms with van der Waals surface area (Å²) in [6, 6.07) is 1.50. The molecule has 0 amide bonds. The van der Waals surface area contributed by atoms with E-state index in [4.69, 9.17) is 15.9 Å². The average molecular weight is 184 g/mol. The van der Waals surface area contributed by atoms with Crippen LogP contribution >= 0.6 is 0 Å². The molecule has 1 rings (SSSR count). The molecule has 0 aliphatic heterocycles. The standard InChI is InChI=1S/C8H12N2O3/c9-6-1-5(2-10-3-6)8(13)7(12)4-11/h1-3,7-8,11-13H,4,9H2. The van der Waals surface area contributed by atoms with Crippen LogP contribution in [0.4, 0.5) is 5.69 Å². The fraction of sp³-hybridized carbons (Fsp3) is 0.375. The summed E-state index contributed by atoms with van der Waals surface area (Å²) >= 11 is 0. The Hall–Kier alpha value is -1.17. The normalized spacial score (nSPS) is 15.3. The average Bonchev–Trinajstić information content (AvgIpc) is 2.15. The number of aromatic nitrogens is 1. The number of aliphatic hydroxyl groups is 3. The molecule has 1 aromatic heterocycles. The quantitative estimate of drug-likeness (QED) is 0.485. The first-order valence-corrected chi connectivity index (χ1v) is 3.82. The van der Waals surface area contributed by atoms with Gasteiger partial charge in [0.15, 0.2) is 0 Å². The number of anilines is 1. The molecule has 0 saturated heterocycles. The topological polar surface area (TPSA) is 99.6 Å². The Labute approximate surface area is 75.5 Å². The summed E-state index contributed by atoms with van der Waals surface area (Å²) in [5.74, 6) is 0. The minimum Gasteiger partial charge on any atom is -0.397 e. The first-order valence-electron chi connectivity index (χ1n) is 3.82. The number of nitrogens with zero attached hydrogens (tertiary/aromatic N) is 1. The molecule has 1 aromatic rings. The van der Waals surface area contributed by atoms with Crippen molar-refractivity contribution in [1.82, 2.24) is 4.98 Å². The number of aliphatic hydroxyl groups excluding tert-OH is 3. The van der Waals surface area contributed by atoms with Crippen LogP contribution in [-0.2, 0) is 0 Å². The third-order valence-corrected chi connectivity index (χ3v) is 1.67. The van der Waals surface area contributed by atoms with E-state index in [9.17, 15) is 5.11 Å². The van der Waals surface area contributed by atoms with Gasteiger partial charge in [0.2, 0.25) is 0 Å². The van der Waals surface area contributed by atoms with E-state index >= 15 is 0 Å². The molecule has 0 aliphatic rings. The molecule has 0 spiro atoms. The molecule has 2 unspecified atom stereocenters. The Kier molecular flexibility index (Phi) is 3.18. The van der Waals surface area contributed by atoms with Crippen LogP contribution in [-0.4, -0.2) is 33.0 Å². The Balaban J connectivity index is 2.82. The minimum atomic E-state index is -1.21. The van der Waals surface area contributed by atoms with Crippen LogP contribution in [0.5, 0.6) is 0 Å². The van der Waals surface area contributed by atoms with E-state index in [0.29, 0.717) is 11.3 Å². The number of nitrogens with two attached hydrogens (primary N) is 1. The molecule has 2 atom stereocenters. The number of nitrogen functional groups attached to an aromatic ring is 1. The van der Waals surface area contributed by atoms with Gasteiger partial charge >= 0.3 is 0 Å². The lowest BCUT2D eigenvalue weighted by Gasteiger charge is -2.15. The number of hydrogen-bond acceptors (Lipinski definition) is 5. The number of hydrogen-bond donors (Lipinski definition) is 4. The minimum absolute atomic E-state index is 0.390. The molecule has 1 heterocycles. The van der Waals surface area contributed by atoms with Gasteiger partial charge in [-0.2, -0.15) is 0 Å². The van der Waals surface area contributed by atoms with Gasteiger partial charge in [0.25, 0.3) is 0 Å². The van der Waals surface area contributed by atoms with Crippen LogP contribution in [0, 0.1) is 0 Å². The highest BCUT2D eigenvalue weighted by Crippen LogP contribution is 2.17. The second-order valence-corrected chi connectivity index (χ2v) is 2.75. The molecular weight excluding hydrogens is 172 g/mol. The van der Waals surface area contributed by atoms with Gasteiger partial charge in [-0.25, -0.2) is 0 Å². The van der Waals surface area contributed by atoms with Crippen LogP contribution < -0.4 is 5.73 Å². The third kappa shape index (κ3) is 2.38. The van der Waals surface area contributed by atoms with E-state index in [0.717, 1.165) is 0 Å². The maximum atomic E-state index is 9.41. The van der Waals surface area contributed by atoms with Crippen molar-refractivity contribution >= 4 is 5.69 Å². The molecule has 0 fully saturated rings. The van der Waals surface area contributed by atoms with Crippen LogP contribution in [0.15, 0.2) is 18.5 Å². The smallest absolute Gasteiger partial charge is 0.109 e. The summed E-state index contributed by atoms with van der Waals surface area (Å²) in [6.45, 7) is -0.504. The Bertz CT molecular complexity index is 280.